The lowest BCUT2D eigenvalue weighted by Crippen LogP contribution is -2.24. The van der Waals surface area contributed by atoms with E-state index in [0.717, 1.165) is 128 Å². The number of aromatic nitrogens is 2. The van der Waals surface area contributed by atoms with Gasteiger partial charge >= 0.3 is 0 Å². The minimum absolute atomic E-state index is 0.0205. The molecule has 16 heteroatoms. The van der Waals surface area contributed by atoms with Crippen molar-refractivity contribution in [2.24, 2.45) is 26.8 Å². The number of nitrogens with zero attached hydrogens (tertiary/aromatic N) is 5. The van der Waals surface area contributed by atoms with Crippen molar-refractivity contribution >= 4 is 68.0 Å². The lowest BCUT2D eigenvalue weighted by Gasteiger charge is -2.18. The minimum atomic E-state index is -0.271. The number of ether oxygens (including phenoxy) is 5. The van der Waals surface area contributed by atoms with Gasteiger partial charge in [0, 0.05) is 105 Å². The number of anilines is 2. The first kappa shape index (κ1) is 58.6. The zero-order valence-corrected chi connectivity index (χ0v) is 51.4. The number of rotatable bonds is 20. The van der Waals surface area contributed by atoms with E-state index < -0.39 is 0 Å². The van der Waals surface area contributed by atoms with Crippen LogP contribution in [0.5, 0.6) is 11.5 Å². The van der Waals surface area contributed by atoms with Gasteiger partial charge in [0.15, 0.2) is 11.5 Å². The third kappa shape index (κ3) is 12.8. The fourth-order valence-corrected chi connectivity index (χ4v) is 12.3. The van der Waals surface area contributed by atoms with Gasteiger partial charge in [-0.15, -0.1) is 0 Å². The lowest BCUT2D eigenvalue weighted by atomic mass is 9.86. The quantitative estimate of drug-likeness (QED) is 0.0331. The van der Waals surface area contributed by atoms with Gasteiger partial charge in [-0.25, -0.2) is 24.9 Å². The largest absolute Gasteiger partial charge is 0.511 e. The molecule has 434 valence electrons. The van der Waals surface area contributed by atoms with Crippen LogP contribution in [0.2, 0.25) is 0 Å². The summed E-state index contributed by atoms with van der Waals surface area (Å²) in [7, 11) is 3.25. The number of carbonyl (C=O) groups excluding carboxylic acids is 1. The van der Waals surface area contributed by atoms with Crippen LogP contribution in [0.4, 0.5) is 11.5 Å². The van der Waals surface area contributed by atoms with E-state index in [0.29, 0.717) is 81.0 Å². The number of aliphatic imine (C=N–C) groups is 3. The number of hydrogen-bond donors (Lipinski definition) is 4. The van der Waals surface area contributed by atoms with Crippen LogP contribution in [-0.2, 0) is 32.2 Å². The third-order valence-corrected chi connectivity index (χ3v) is 16.9. The summed E-state index contributed by atoms with van der Waals surface area (Å²) in [4.78, 5) is 38.9. The van der Waals surface area contributed by atoms with Gasteiger partial charge in [-0.3, -0.25) is 4.79 Å². The van der Waals surface area contributed by atoms with Gasteiger partial charge in [-0.1, -0.05) is 56.0 Å². The molecule has 1 aliphatic carbocycles. The molecule has 6 heterocycles. The zero-order chi connectivity index (χ0) is 59.3. The highest BCUT2D eigenvalue weighted by atomic mass is 124. The second-order valence-corrected chi connectivity index (χ2v) is 23.1. The Kier molecular flexibility index (Phi) is 17.9. The fourth-order valence-electron chi connectivity index (χ4n) is 11.7. The summed E-state index contributed by atoms with van der Waals surface area (Å²) in [6.45, 7) is 15.1. The molecular weight excluding hydrogens is 1180 g/mol. The van der Waals surface area contributed by atoms with Crippen molar-refractivity contribution in [3.05, 3.63) is 209 Å². The smallest absolute Gasteiger partial charge is 0.220 e. The molecule has 0 spiro atoms. The average Bonchev–Trinajstić information content (AvgIpc) is 1.80. The Morgan fingerprint density at radius 3 is 2.29 bits per heavy atom. The summed E-state index contributed by atoms with van der Waals surface area (Å²) in [5, 5.41) is 23.0. The molecule has 0 saturated carbocycles. The van der Waals surface area contributed by atoms with E-state index in [1.165, 1.54) is 6.33 Å². The number of carbonyl (C=O) groups is 1. The van der Waals surface area contributed by atoms with Crippen LogP contribution in [0.1, 0.15) is 89.5 Å². The van der Waals surface area contributed by atoms with E-state index in [1.807, 2.05) is 67.6 Å². The Hall–Kier alpha value is -8.21. The van der Waals surface area contributed by atoms with Crippen molar-refractivity contribution in [1.29, 1.82) is 0 Å². The highest BCUT2D eigenvalue weighted by molar-refractivity contribution is 14.1. The second kappa shape index (κ2) is 26.0. The number of aliphatic hydroxyl groups excluding tert-OH is 1. The van der Waals surface area contributed by atoms with Gasteiger partial charge in [0.05, 0.1) is 65.7 Å². The van der Waals surface area contributed by atoms with Crippen LogP contribution >= 0.6 is 22.6 Å². The van der Waals surface area contributed by atoms with Gasteiger partial charge in [0.1, 0.15) is 31.1 Å². The van der Waals surface area contributed by atoms with Gasteiger partial charge in [0.2, 0.25) is 5.91 Å². The van der Waals surface area contributed by atoms with Crippen molar-refractivity contribution in [3.63, 3.8) is 0 Å². The second-order valence-electron chi connectivity index (χ2n) is 21.8. The molecule has 0 radical (unpaired) electrons. The number of fused-ring (bicyclic) bond motifs is 6. The van der Waals surface area contributed by atoms with Crippen LogP contribution in [-0.4, -0.2) is 84.9 Å². The first-order valence-electron chi connectivity index (χ1n) is 28.9. The monoisotopic (exact) mass is 1250 g/mol. The van der Waals surface area contributed by atoms with Crippen LogP contribution in [0.15, 0.2) is 198 Å². The minimum Gasteiger partial charge on any atom is -0.511 e. The summed E-state index contributed by atoms with van der Waals surface area (Å²) in [6.07, 6.45) is 9.57. The molecule has 5 aliphatic heterocycles. The molecule has 1 saturated heterocycles. The molecule has 8 bridgehead atoms. The number of benzene rings is 4. The number of aliphatic hydroxyl groups is 1. The van der Waals surface area contributed by atoms with Gasteiger partial charge in [-0.2, -0.15) is 0 Å². The molecule has 85 heavy (non-hydrogen) atoms. The van der Waals surface area contributed by atoms with E-state index >= 15 is 0 Å². The Morgan fingerprint density at radius 1 is 0.812 bits per heavy atom. The van der Waals surface area contributed by atoms with E-state index in [1.54, 1.807) is 14.2 Å². The maximum atomic E-state index is 14.0. The maximum absolute atomic E-state index is 14.0. The zero-order valence-electron chi connectivity index (χ0n) is 49.2. The molecule has 1 amide bonds. The topological polar surface area (TPSA) is 182 Å². The van der Waals surface area contributed by atoms with E-state index in [4.69, 9.17) is 38.7 Å². The maximum Gasteiger partial charge on any atom is 0.220 e. The summed E-state index contributed by atoms with van der Waals surface area (Å²) >= 11 is 2.34. The van der Waals surface area contributed by atoms with E-state index in [2.05, 4.69) is 137 Å². The molecule has 1 aromatic heterocycles. The number of methoxy groups -OCH3 is 2. The number of allylic oxidation sites excluding steroid dienone is 11. The first-order chi connectivity index (χ1) is 41.3. The number of hydrogen-bond acceptors (Lipinski definition) is 14. The standard InChI is InChI=1S/C69H69IN8O7/c1-9-50-39(2)54-34-60-65(43(6)85-37-47-16-11-17-48(70)28-47)41(4)56(76-60)32-55-40(3)51(67(77-55)53-30-61(79)66-42(5)57(78-68(53)66)33-59(50)75-54)21-22-64(80)71-36-46-15-10-13-44(27-46)19-20-45-14-12-18-49(29-45)74-69-52-31-62(83-25-23-81-7)63(84-26-24-82-8)35-58(52)72-38-73-69/h10-18,27-29,31-35,38,40,43,51,77,79H,9,21-26,30,36-37H2,1-8H3,(H,71,80)(H,72,73,74)/t40-,43?,51-/m0/s1/i70-3. The van der Waals surface area contributed by atoms with Crippen LogP contribution < -0.4 is 25.4 Å². The van der Waals surface area contributed by atoms with Crippen molar-refractivity contribution in [2.45, 2.75) is 86.5 Å². The van der Waals surface area contributed by atoms with Crippen molar-refractivity contribution in [2.75, 3.05) is 46.0 Å². The summed E-state index contributed by atoms with van der Waals surface area (Å²) in [5.74, 6) is 8.49. The number of amides is 1. The lowest BCUT2D eigenvalue weighted by molar-refractivity contribution is -0.121. The SMILES string of the molecule is CCC1=C(C)C2=NC1=CC1=C(C)C3=C(O)CC(=C4NC(=CC5=NC(=C2)C(C(C)OCc2cccc([124I])c2)=C5C)[C@@H](C)[C@@H]4CCC(=O)NCc2cccc(C#Cc4cccc(Nc5ncnc6cc(OCCOC)c(OCCOC)cc56)c4)c2)C3=N1. The predicted molar refractivity (Wildman–Crippen MR) is 343 cm³/mol. The Balaban J connectivity index is 0.805. The van der Waals surface area contributed by atoms with Gasteiger partial charge in [-0.05, 0) is 163 Å². The molecule has 3 atom stereocenters. The molecule has 15 nitrogen and oxygen atoms in total. The molecule has 11 rings (SSSR count). The Bertz CT molecular complexity index is 3980. The Labute approximate surface area is 510 Å². The highest BCUT2D eigenvalue weighted by Gasteiger charge is 2.41. The fraction of sp³-hybridized carbons (Fsp3) is 0.304. The summed E-state index contributed by atoms with van der Waals surface area (Å²) < 4.78 is 30.2. The van der Waals surface area contributed by atoms with Crippen molar-refractivity contribution in [3.8, 4) is 23.3 Å². The van der Waals surface area contributed by atoms with Crippen LogP contribution in [0.25, 0.3) is 10.9 Å². The molecule has 1 unspecified atom stereocenters. The molecular formula is C69H69IN8O7. The normalized spacial score (nSPS) is 18.2. The number of halogens is 1. The van der Waals surface area contributed by atoms with Crippen molar-refractivity contribution in [1.82, 2.24) is 20.6 Å². The van der Waals surface area contributed by atoms with Crippen LogP contribution in [0.3, 0.4) is 0 Å². The Morgan fingerprint density at radius 2 is 1.53 bits per heavy atom. The molecule has 4 N–H and O–H groups in total. The molecule has 5 aromatic rings. The summed E-state index contributed by atoms with van der Waals surface area (Å²) in [6, 6.07) is 27.9. The van der Waals surface area contributed by atoms with E-state index in [9.17, 15) is 9.90 Å². The highest BCUT2D eigenvalue weighted by Crippen LogP contribution is 2.47. The number of nitrogens with one attached hydrogen (secondary N) is 3. The van der Waals surface area contributed by atoms with Crippen LogP contribution in [0, 0.1) is 27.2 Å². The van der Waals surface area contributed by atoms with Gasteiger partial charge in [0.25, 0.3) is 0 Å². The summed E-state index contributed by atoms with van der Waals surface area (Å²) in [5.41, 5.74) is 19.0. The van der Waals surface area contributed by atoms with Gasteiger partial charge < -0.3 is 44.7 Å². The van der Waals surface area contributed by atoms with E-state index in [-0.39, 0.29) is 30.3 Å². The molecule has 1 fully saturated rings. The molecule has 6 aliphatic rings. The average molecular weight is 1250 g/mol. The first-order valence-corrected chi connectivity index (χ1v) is 29.9. The predicted octanol–water partition coefficient (Wildman–Crippen LogP) is 13.1. The van der Waals surface area contributed by atoms with Crippen molar-refractivity contribution < 1.29 is 33.6 Å². The third-order valence-electron chi connectivity index (χ3n) is 16.3. The molecule has 4 aromatic carbocycles.